The summed E-state index contributed by atoms with van der Waals surface area (Å²) in [6.45, 7) is 0.0442. The summed E-state index contributed by atoms with van der Waals surface area (Å²) in [6, 6.07) is 3.54. The summed E-state index contributed by atoms with van der Waals surface area (Å²) >= 11 is 3.00. The fourth-order valence-electron chi connectivity index (χ4n) is 1.17. The maximum absolute atomic E-state index is 12.4. The lowest BCUT2D eigenvalue weighted by atomic mass is 10.1. The Hall–Kier alpha value is -0.590. The molecule has 0 aromatic heterocycles. The molecule has 2 nitrogen and oxygen atoms in total. The number of alkyl halides is 3. The van der Waals surface area contributed by atoms with E-state index in [1.807, 2.05) is 0 Å². The molecule has 15 heavy (non-hydrogen) atoms. The minimum Gasteiger partial charge on any atom is -0.314 e. The average Bonchev–Trinajstić information content (AvgIpc) is 1.99. The van der Waals surface area contributed by atoms with Gasteiger partial charge in [-0.15, -0.1) is 0 Å². The lowest BCUT2D eigenvalue weighted by Gasteiger charge is -2.12. The molecule has 0 atom stereocenters. The first-order valence-electron chi connectivity index (χ1n) is 4.05. The summed E-state index contributed by atoms with van der Waals surface area (Å²) in [5.74, 6) is 0. The quantitative estimate of drug-likeness (QED) is 0.842. The van der Waals surface area contributed by atoms with Gasteiger partial charge in [0.05, 0.1) is 5.56 Å². The van der Waals surface area contributed by atoms with E-state index in [9.17, 15) is 13.2 Å². The third kappa shape index (κ3) is 3.81. The van der Waals surface area contributed by atoms with Crippen LogP contribution in [0.5, 0.6) is 0 Å². The Bertz CT molecular complexity index is 352. The summed E-state index contributed by atoms with van der Waals surface area (Å²) in [5, 5.41) is 9.75. The molecule has 0 aliphatic heterocycles. The van der Waals surface area contributed by atoms with Gasteiger partial charge in [0.15, 0.2) is 0 Å². The molecule has 0 unspecified atom stereocenters. The van der Waals surface area contributed by atoms with E-state index in [1.54, 1.807) is 0 Å². The zero-order chi connectivity index (χ0) is 11.6. The molecule has 84 valence electrons. The van der Waals surface area contributed by atoms with Gasteiger partial charge in [0.1, 0.15) is 0 Å². The van der Waals surface area contributed by atoms with E-state index in [-0.39, 0.29) is 6.54 Å². The van der Waals surface area contributed by atoms with Crippen LogP contribution in [0.15, 0.2) is 22.7 Å². The van der Waals surface area contributed by atoms with Gasteiger partial charge in [0.2, 0.25) is 0 Å². The predicted octanol–water partition coefficient (Wildman–Crippen LogP) is 3.29. The van der Waals surface area contributed by atoms with E-state index in [4.69, 9.17) is 5.21 Å². The molecule has 0 fully saturated rings. The highest BCUT2D eigenvalue weighted by Crippen LogP contribution is 2.32. The van der Waals surface area contributed by atoms with E-state index in [0.717, 1.165) is 17.2 Å². The van der Waals surface area contributed by atoms with E-state index >= 15 is 0 Å². The van der Waals surface area contributed by atoms with Crippen LogP contribution in [0.3, 0.4) is 0 Å². The molecule has 0 bridgehead atoms. The number of hydrogen-bond donors (Lipinski definition) is 1. The van der Waals surface area contributed by atoms with Crippen molar-refractivity contribution in [1.82, 2.24) is 5.06 Å². The van der Waals surface area contributed by atoms with Crippen LogP contribution in [0.1, 0.15) is 11.1 Å². The Morgan fingerprint density at radius 1 is 1.33 bits per heavy atom. The van der Waals surface area contributed by atoms with Crippen LogP contribution >= 0.6 is 15.9 Å². The maximum Gasteiger partial charge on any atom is 0.416 e. The van der Waals surface area contributed by atoms with Crippen molar-refractivity contribution in [2.75, 3.05) is 7.05 Å². The molecule has 0 saturated heterocycles. The van der Waals surface area contributed by atoms with Crippen LogP contribution in [-0.2, 0) is 12.7 Å². The normalized spacial score (nSPS) is 12.2. The Morgan fingerprint density at radius 2 is 1.93 bits per heavy atom. The molecule has 1 aromatic carbocycles. The molecule has 0 amide bonds. The number of rotatable bonds is 2. The van der Waals surface area contributed by atoms with Crippen LogP contribution in [0.2, 0.25) is 0 Å². The number of hydroxylamine groups is 2. The second-order valence-corrected chi connectivity index (χ2v) is 4.08. The number of benzene rings is 1. The Morgan fingerprint density at radius 3 is 2.40 bits per heavy atom. The number of hydrogen-bond acceptors (Lipinski definition) is 2. The van der Waals surface area contributed by atoms with Crippen LogP contribution in [0.4, 0.5) is 13.2 Å². The van der Waals surface area contributed by atoms with Crippen LogP contribution in [-0.4, -0.2) is 17.3 Å². The van der Waals surface area contributed by atoms with Crippen molar-refractivity contribution in [3.8, 4) is 0 Å². The van der Waals surface area contributed by atoms with Crippen LogP contribution in [0.25, 0.3) is 0 Å². The SMILES string of the molecule is CN(O)Cc1cc(Br)cc(C(F)(F)F)c1. The average molecular weight is 284 g/mol. The van der Waals surface area contributed by atoms with Crippen LogP contribution in [0, 0.1) is 0 Å². The molecule has 6 heteroatoms. The van der Waals surface area contributed by atoms with Gasteiger partial charge < -0.3 is 5.21 Å². The van der Waals surface area contributed by atoms with Crippen molar-refractivity contribution in [3.05, 3.63) is 33.8 Å². The molecular weight excluding hydrogens is 275 g/mol. The molecule has 0 aliphatic carbocycles. The van der Waals surface area contributed by atoms with Gasteiger partial charge in [-0.1, -0.05) is 15.9 Å². The monoisotopic (exact) mass is 283 g/mol. The standard InChI is InChI=1S/C9H9BrF3NO/c1-14(15)5-6-2-7(9(11,12)13)4-8(10)3-6/h2-4,15H,5H2,1H3. The molecule has 1 rings (SSSR count). The molecule has 0 saturated carbocycles. The Labute approximate surface area is 93.4 Å². The molecule has 1 N–H and O–H groups in total. The first kappa shape index (κ1) is 12.5. The minimum absolute atomic E-state index is 0.0442. The van der Waals surface area contributed by atoms with Crippen molar-refractivity contribution in [2.45, 2.75) is 12.7 Å². The third-order valence-corrected chi connectivity index (χ3v) is 2.15. The molecule has 0 aliphatic rings. The topological polar surface area (TPSA) is 23.5 Å². The van der Waals surface area contributed by atoms with Gasteiger partial charge in [0, 0.05) is 18.1 Å². The Balaban J connectivity index is 3.06. The molecule has 1 aromatic rings. The summed E-state index contributed by atoms with van der Waals surface area (Å²) in [6.07, 6.45) is -4.37. The van der Waals surface area contributed by atoms with Crippen molar-refractivity contribution < 1.29 is 18.4 Å². The first-order valence-corrected chi connectivity index (χ1v) is 4.85. The summed E-state index contributed by atoms with van der Waals surface area (Å²) in [5.41, 5.74) is -0.338. The maximum atomic E-state index is 12.4. The van der Waals surface area contributed by atoms with Crippen LogP contribution < -0.4 is 0 Å². The summed E-state index contributed by atoms with van der Waals surface area (Å²) in [4.78, 5) is 0. The highest BCUT2D eigenvalue weighted by molar-refractivity contribution is 9.10. The molecule has 0 heterocycles. The molecular formula is C9H9BrF3NO. The fraction of sp³-hybridized carbons (Fsp3) is 0.333. The van der Waals surface area contributed by atoms with Gasteiger partial charge in [-0.3, -0.25) is 0 Å². The van der Waals surface area contributed by atoms with Gasteiger partial charge in [-0.2, -0.15) is 18.2 Å². The highest BCUT2D eigenvalue weighted by Gasteiger charge is 2.31. The van der Waals surface area contributed by atoms with E-state index in [1.165, 1.54) is 13.1 Å². The smallest absolute Gasteiger partial charge is 0.314 e. The van der Waals surface area contributed by atoms with Crippen molar-refractivity contribution in [2.24, 2.45) is 0 Å². The van der Waals surface area contributed by atoms with Crippen molar-refractivity contribution in [1.29, 1.82) is 0 Å². The third-order valence-electron chi connectivity index (χ3n) is 1.70. The highest BCUT2D eigenvalue weighted by atomic mass is 79.9. The number of halogens is 4. The number of nitrogens with zero attached hydrogens (tertiary/aromatic N) is 1. The van der Waals surface area contributed by atoms with E-state index < -0.39 is 11.7 Å². The summed E-state index contributed by atoms with van der Waals surface area (Å²) < 4.78 is 37.5. The zero-order valence-electron chi connectivity index (χ0n) is 7.85. The van der Waals surface area contributed by atoms with E-state index in [2.05, 4.69) is 15.9 Å². The van der Waals surface area contributed by atoms with Gasteiger partial charge in [0.25, 0.3) is 0 Å². The molecule has 0 spiro atoms. The van der Waals surface area contributed by atoms with Gasteiger partial charge in [-0.05, 0) is 23.8 Å². The fourth-order valence-corrected chi connectivity index (χ4v) is 1.71. The van der Waals surface area contributed by atoms with E-state index in [0.29, 0.717) is 10.0 Å². The van der Waals surface area contributed by atoms with Crippen molar-refractivity contribution >= 4 is 15.9 Å². The van der Waals surface area contributed by atoms with Gasteiger partial charge >= 0.3 is 6.18 Å². The lowest BCUT2D eigenvalue weighted by molar-refractivity contribution is -0.137. The summed E-state index contributed by atoms with van der Waals surface area (Å²) in [7, 11) is 1.37. The minimum atomic E-state index is -4.37. The predicted molar refractivity (Wildman–Crippen MR) is 52.4 cm³/mol. The van der Waals surface area contributed by atoms with Gasteiger partial charge in [-0.25, -0.2) is 0 Å². The second-order valence-electron chi connectivity index (χ2n) is 3.16. The first-order chi connectivity index (χ1) is 6.79. The Kier molecular flexibility index (Phi) is 3.75. The largest absolute Gasteiger partial charge is 0.416 e. The lowest BCUT2D eigenvalue weighted by Crippen LogP contribution is -2.13. The zero-order valence-corrected chi connectivity index (χ0v) is 9.43. The van der Waals surface area contributed by atoms with Crippen molar-refractivity contribution in [3.63, 3.8) is 0 Å². The second kappa shape index (κ2) is 4.51. The molecule has 0 radical (unpaired) electrons.